The van der Waals surface area contributed by atoms with E-state index in [4.69, 9.17) is 23.2 Å². The van der Waals surface area contributed by atoms with Gasteiger partial charge in [0.05, 0.1) is 15.7 Å². The van der Waals surface area contributed by atoms with Crippen LogP contribution in [0, 0.1) is 0 Å². The van der Waals surface area contributed by atoms with E-state index in [1.807, 2.05) is 0 Å². The molecule has 90 valence electrons. The molecule has 2 heterocycles. The van der Waals surface area contributed by atoms with Gasteiger partial charge in [-0.1, -0.05) is 23.2 Å². The van der Waals surface area contributed by atoms with Crippen LogP contribution in [0.3, 0.4) is 0 Å². The molecule has 0 radical (unpaired) electrons. The Kier molecular flexibility index (Phi) is 3.61. The van der Waals surface area contributed by atoms with Crippen molar-refractivity contribution >= 4 is 23.2 Å². The van der Waals surface area contributed by atoms with Crippen LogP contribution in [-0.2, 0) is 13.5 Å². The molecule has 2 rings (SSSR count). The minimum absolute atomic E-state index is 0.296. The Morgan fingerprint density at radius 2 is 2.18 bits per heavy atom. The van der Waals surface area contributed by atoms with E-state index < -0.39 is 6.10 Å². The number of aromatic nitrogens is 4. The summed E-state index contributed by atoms with van der Waals surface area (Å²) in [6.07, 6.45) is 2.34. The molecule has 0 fully saturated rings. The van der Waals surface area contributed by atoms with Gasteiger partial charge in [0.1, 0.15) is 18.3 Å². The van der Waals surface area contributed by atoms with Gasteiger partial charge in [0, 0.05) is 19.7 Å². The van der Waals surface area contributed by atoms with Crippen LogP contribution in [-0.4, -0.2) is 24.9 Å². The monoisotopic (exact) mass is 272 g/mol. The second-order valence-corrected chi connectivity index (χ2v) is 4.38. The number of aliphatic hydroxyl groups is 1. The standard InChI is InChI=1S/C10H10Cl2N4O/c1-16-9(14-5-15-16)3-8(17)10-7(12)2-6(11)4-13-10/h2,4-5,8,17H,3H2,1H3. The fourth-order valence-electron chi connectivity index (χ4n) is 1.44. The first-order valence-corrected chi connectivity index (χ1v) is 5.65. The molecular formula is C10H10Cl2N4O. The summed E-state index contributed by atoms with van der Waals surface area (Å²) in [7, 11) is 1.76. The lowest BCUT2D eigenvalue weighted by molar-refractivity contribution is 0.170. The van der Waals surface area contributed by atoms with Gasteiger partial charge >= 0.3 is 0 Å². The number of nitrogens with zero attached hydrogens (tertiary/aromatic N) is 4. The molecule has 0 bridgehead atoms. The van der Waals surface area contributed by atoms with Gasteiger partial charge < -0.3 is 5.11 Å². The molecule has 2 aromatic heterocycles. The molecule has 0 aliphatic heterocycles. The molecule has 7 heteroatoms. The molecule has 2 aromatic rings. The summed E-state index contributed by atoms with van der Waals surface area (Å²) < 4.78 is 1.59. The maximum Gasteiger partial charge on any atom is 0.138 e. The van der Waals surface area contributed by atoms with Gasteiger partial charge in [-0.15, -0.1) is 0 Å². The molecule has 1 atom stereocenters. The van der Waals surface area contributed by atoms with Crippen molar-refractivity contribution in [1.29, 1.82) is 0 Å². The molecule has 1 N–H and O–H groups in total. The topological polar surface area (TPSA) is 63.8 Å². The number of pyridine rings is 1. The van der Waals surface area contributed by atoms with E-state index in [0.717, 1.165) is 0 Å². The first-order chi connectivity index (χ1) is 8.08. The SMILES string of the molecule is Cn1ncnc1CC(O)c1ncc(Cl)cc1Cl. The summed E-state index contributed by atoms with van der Waals surface area (Å²) in [5.41, 5.74) is 0.388. The van der Waals surface area contributed by atoms with Gasteiger partial charge in [0.25, 0.3) is 0 Å². The maximum absolute atomic E-state index is 10.0. The first kappa shape index (κ1) is 12.3. The number of hydrogen-bond donors (Lipinski definition) is 1. The predicted octanol–water partition coefficient (Wildman–Crippen LogP) is 1.79. The summed E-state index contributed by atoms with van der Waals surface area (Å²) >= 11 is 11.7. The molecule has 17 heavy (non-hydrogen) atoms. The van der Waals surface area contributed by atoms with E-state index in [1.54, 1.807) is 17.8 Å². The third-order valence-electron chi connectivity index (χ3n) is 2.33. The molecule has 0 aliphatic carbocycles. The van der Waals surface area contributed by atoms with Crippen molar-refractivity contribution in [2.45, 2.75) is 12.5 Å². The Balaban J connectivity index is 2.20. The van der Waals surface area contributed by atoms with Crippen molar-refractivity contribution < 1.29 is 5.11 Å². The first-order valence-electron chi connectivity index (χ1n) is 4.90. The van der Waals surface area contributed by atoms with E-state index in [2.05, 4.69) is 15.1 Å². The van der Waals surface area contributed by atoms with E-state index in [1.165, 1.54) is 12.5 Å². The lowest BCUT2D eigenvalue weighted by atomic mass is 10.1. The third-order valence-corrected chi connectivity index (χ3v) is 2.84. The van der Waals surface area contributed by atoms with Gasteiger partial charge in [-0.3, -0.25) is 9.67 Å². The highest BCUT2D eigenvalue weighted by Gasteiger charge is 2.16. The van der Waals surface area contributed by atoms with Gasteiger partial charge in [0.15, 0.2) is 0 Å². The number of aliphatic hydroxyl groups excluding tert-OH is 1. The highest BCUT2D eigenvalue weighted by molar-refractivity contribution is 6.34. The second-order valence-electron chi connectivity index (χ2n) is 3.54. The minimum atomic E-state index is -0.831. The second kappa shape index (κ2) is 5.00. The summed E-state index contributed by atoms with van der Waals surface area (Å²) in [5, 5.41) is 14.7. The van der Waals surface area contributed by atoms with Crippen LogP contribution in [0.5, 0.6) is 0 Å². The van der Waals surface area contributed by atoms with Crippen LogP contribution in [0.4, 0.5) is 0 Å². The van der Waals surface area contributed by atoms with Crippen molar-refractivity contribution in [2.75, 3.05) is 0 Å². The van der Waals surface area contributed by atoms with Gasteiger partial charge in [-0.2, -0.15) is 5.10 Å². The molecule has 0 saturated carbocycles. The predicted molar refractivity (Wildman–Crippen MR) is 63.9 cm³/mol. The van der Waals surface area contributed by atoms with Crippen LogP contribution in [0.1, 0.15) is 17.6 Å². The Hall–Kier alpha value is -1.17. The van der Waals surface area contributed by atoms with Crippen LogP contribution >= 0.6 is 23.2 Å². The molecule has 0 aliphatic rings. The van der Waals surface area contributed by atoms with E-state index >= 15 is 0 Å². The van der Waals surface area contributed by atoms with Gasteiger partial charge in [-0.05, 0) is 6.07 Å². The molecule has 0 spiro atoms. The lowest BCUT2D eigenvalue weighted by Gasteiger charge is -2.11. The number of aryl methyl sites for hydroxylation is 1. The van der Waals surface area contributed by atoms with Crippen molar-refractivity contribution in [3.63, 3.8) is 0 Å². The average Bonchev–Trinajstić information content (AvgIpc) is 2.64. The van der Waals surface area contributed by atoms with E-state index in [-0.39, 0.29) is 0 Å². The Morgan fingerprint density at radius 3 is 2.76 bits per heavy atom. The number of halogens is 2. The van der Waals surface area contributed by atoms with Crippen LogP contribution < -0.4 is 0 Å². The summed E-state index contributed by atoms with van der Waals surface area (Å²) in [6.45, 7) is 0. The quantitative estimate of drug-likeness (QED) is 0.926. The summed E-state index contributed by atoms with van der Waals surface area (Å²) in [4.78, 5) is 8.04. The maximum atomic E-state index is 10.0. The third kappa shape index (κ3) is 2.74. The average molecular weight is 273 g/mol. The summed E-state index contributed by atoms with van der Waals surface area (Å²) in [6, 6.07) is 1.55. The van der Waals surface area contributed by atoms with E-state index in [9.17, 15) is 5.11 Å². The zero-order valence-corrected chi connectivity index (χ0v) is 10.5. The lowest BCUT2D eigenvalue weighted by Crippen LogP contribution is -2.09. The molecule has 0 amide bonds. The zero-order valence-electron chi connectivity index (χ0n) is 9.01. The molecule has 0 saturated heterocycles. The molecule has 0 aromatic carbocycles. The molecular weight excluding hydrogens is 263 g/mol. The summed E-state index contributed by atoms with van der Waals surface area (Å²) in [5.74, 6) is 0.658. The zero-order chi connectivity index (χ0) is 12.4. The highest BCUT2D eigenvalue weighted by atomic mass is 35.5. The van der Waals surface area contributed by atoms with Crippen LogP contribution in [0.2, 0.25) is 10.0 Å². The molecule has 5 nitrogen and oxygen atoms in total. The number of hydrogen-bond acceptors (Lipinski definition) is 4. The largest absolute Gasteiger partial charge is 0.386 e. The normalized spacial score (nSPS) is 12.7. The highest BCUT2D eigenvalue weighted by Crippen LogP contribution is 2.25. The van der Waals surface area contributed by atoms with Crippen molar-refractivity contribution in [2.24, 2.45) is 7.05 Å². The fourth-order valence-corrected chi connectivity index (χ4v) is 1.95. The van der Waals surface area contributed by atoms with Crippen LogP contribution in [0.25, 0.3) is 0 Å². The number of rotatable bonds is 3. The Labute approximate surface area is 108 Å². The smallest absolute Gasteiger partial charge is 0.138 e. The Bertz CT molecular complexity index is 529. The fraction of sp³-hybridized carbons (Fsp3) is 0.300. The van der Waals surface area contributed by atoms with Gasteiger partial charge in [0.2, 0.25) is 0 Å². The van der Waals surface area contributed by atoms with Crippen molar-refractivity contribution in [1.82, 2.24) is 19.7 Å². The van der Waals surface area contributed by atoms with Crippen molar-refractivity contribution in [3.05, 3.63) is 40.2 Å². The Morgan fingerprint density at radius 1 is 1.41 bits per heavy atom. The molecule has 1 unspecified atom stereocenters. The van der Waals surface area contributed by atoms with Gasteiger partial charge in [-0.25, -0.2) is 4.98 Å². The van der Waals surface area contributed by atoms with E-state index in [0.29, 0.717) is 28.0 Å². The van der Waals surface area contributed by atoms with Crippen molar-refractivity contribution in [3.8, 4) is 0 Å². The minimum Gasteiger partial charge on any atom is -0.386 e. The van der Waals surface area contributed by atoms with Crippen LogP contribution in [0.15, 0.2) is 18.6 Å².